The molecule has 0 aliphatic carbocycles. The number of rotatable bonds is 7. The van der Waals surface area contributed by atoms with Crippen molar-refractivity contribution in [2.24, 2.45) is 0 Å². The summed E-state index contributed by atoms with van der Waals surface area (Å²) < 4.78 is 24.6. The first-order valence-corrected chi connectivity index (χ1v) is 10.2. The molecule has 0 bridgehead atoms. The van der Waals surface area contributed by atoms with Crippen molar-refractivity contribution in [1.29, 1.82) is 0 Å². The van der Waals surface area contributed by atoms with Gasteiger partial charge in [-0.25, -0.2) is 8.42 Å². The van der Waals surface area contributed by atoms with Crippen molar-refractivity contribution in [3.8, 4) is 0 Å². The number of benzene rings is 2. The van der Waals surface area contributed by atoms with Crippen molar-refractivity contribution < 1.29 is 23.1 Å². The zero-order valence-electron chi connectivity index (χ0n) is 16.0. The second-order valence-corrected chi connectivity index (χ2v) is 9.11. The van der Waals surface area contributed by atoms with Crippen molar-refractivity contribution in [2.45, 2.75) is 43.9 Å². The molecule has 0 atom stereocenters. The monoisotopic (exact) mass is 404 g/mol. The van der Waals surface area contributed by atoms with E-state index in [1.54, 1.807) is 24.3 Å². The highest BCUT2D eigenvalue weighted by atomic mass is 32.2. The quantitative estimate of drug-likeness (QED) is 0.614. The molecule has 2 aromatic carbocycles. The third-order valence-corrected chi connectivity index (χ3v) is 5.44. The molecule has 0 spiro atoms. The Morgan fingerprint density at radius 3 is 2.04 bits per heavy atom. The van der Waals surface area contributed by atoms with E-state index in [2.05, 4.69) is 31.0 Å². The van der Waals surface area contributed by atoms with Gasteiger partial charge in [0, 0.05) is 12.0 Å². The van der Waals surface area contributed by atoms with Gasteiger partial charge < -0.3 is 5.11 Å². The fourth-order valence-corrected chi connectivity index (χ4v) is 3.29. The maximum Gasteiger partial charge on any atom is 0.303 e. The highest BCUT2D eigenvalue weighted by Crippen LogP contribution is 2.22. The first kappa shape index (κ1) is 21.6. The molecule has 7 nitrogen and oxygen atoms in total. The van der Waals surface area contributed by atoms with Gasteiger partial charge in [-0.1, -0.05) is 45.0 Å². The molecule has 2 aromatic rings. The summed E-state index contributed by atoms with van der Waals surface area (Å²) in [4.78, 5) is 24.8. The number of aryl methyl sites for hydroxylation is 1. The third-order valence-electron chi connectivity index (χ3n) is 4.17. The number of nitrogens with one attached hydrogen (secondary N) is 2. The minimum atomic E-state index is -3.94. The second-order valence-electron chi connectivity index (χ2n) is 7.42. The van der Waals surface area contributed by atoms with Crippen LogP contribution in [0.5, 0.6) is 0 Å². The molecule has 0 radical (unpaired) electrons. The van der Waals surface area contributed by atoms with E-state index in [0.717, 1.165) is 5.56 Å². The van der Waals surface area contributed by atoms with Crippen LogP contribution in [0.4, 0.5) is 0 Å². The van der Waals surface area contributed by atoms with E-state index in [9.17, 15) is 18.0 Å². The van der Waals surface area contributed by atoms with Crippen LogP contribution in [0.3, 0.4) is 0 Å². The predicted molar refractivity (Wildman–Crippen MR) is 105 cm³/mol. The van der Waals surface area contributed by atoms with Crippen LogP contribution in [-0.4, -0.2) is 25.4 Å². The molecule has 0 unspecified atom stereocenters. The minimum Gasteiger partial charge on any atom is -0.481 e. The molecule has 1 amide bonds. The Morgan fingerprint density at radius 1 is 0.964 bits per heavy atom. The molecule has 8 heteroatoms. The molecule has 150 valence electrons. The fraction of sp³-hybridized carbons (Fsp3) is 0.300. The Hall–Kier alpha value is -2.71. The molecule has 0 aromatic heterocycles. The number of hydrogen-bond acceptors (Lipinski definition) is 4. The average molecular weight is 404 g/mol. The highest BCUT2D eigenvalue weighted by molar-refractivity contribution is 7.89. The molecule has 3 N–H and O–H groups in total. The highest BCUT2D eigenvalue weighted by Gasteiger charge is 2.17. The van der Waals surface area contributed by atoms with Gasteiger partial charge >= 0.3 is 5.97 Å². The third kappa shape index (κ3) is 5.90. The van der Waals surface area contributed by atoms with Gasteiger partial charge in [-0.15, -0.1) is 4.83 Å². The van der Waals surface area contributed by atoms with Crippen LogP contribution >= 0.6 is 0 Å². The smallest absolute Gasteiger partial charge is 0.303 e. The van der Waals surface area contributed by atoms with Gasteiger partial charge in [0.25, 0.3) is 15.9 Å². The number of sulfonamides is 1. The van der Waals surface area contributed by atoms with E-state index >= 15 is 0 Å². The largest absolute Gasteiger partial charge is 0.481 e. The summed E-state index contributed by atoms with van der Waals surface area (Å²) in [6.07, 6.45) is 0.277. The Labute approximate surface area is 164 Å². The van der Waals surface area contributed by atoms with E-state index in [4.69, 9.17) is 5.11 Å². The molecule has 28 heavy (non-hydrogen) atoms. The number of amides is 1. The van der Waals surface area contributed by atoms with Crippen LogP contribution in [0.15, 0.2) is 53.4 Å². The van der Waals surface area contributed by atoms with Gasteiger partial charge in [-0.2, -0.15) is 0 Å². The minimum absolute atomic E-state index is 0.0324. The standard InChI is InChI=1S/C20H24N2O5S/c1-20(2,3)16-9-7-15(8-10-16)19(25)21-22-28(26,27)17-11-4-14(5-12-17)6-13-18(23)24/h4-5,7-12,22H,6,13H2,1-3H3,(H,21,25)(H,23,24). The lowest BCUT2D eigenvalue weighted by Crippen LogP contribution is -2.41. The topological polar surface area (TPSA) is 113 Å². The van der Waals surface area contributed by atoms with E-state index in [-0.39, 0.29) is 16.7 Å². The summed E-state index contributed by atoms with van der Waals surface area (Å²) in [7, 11) is -3.94. The van der Waals surface area contributed by atoms with Crippen molar-refractivity contribution in [1.82, 2.24) is 10.3 Å². The van der Waals surface area contributed by atoms with Crippen molar-refractivity contribution >= 4 is 21.9 Å². The molecule has 0 fully saturated rings. The SMILES string of the molecule is CC(C)(C)c1ccc(C(=O)NNS(=O)(=O)c2ccc(CCC(=O)O)cc2)cc1. The normalized spacial score (nSPS) is 11.8. The van der Waals surface area contributed by atoms with Gasteiger partial charge in [0.15, 0.2) is 0 Å². The van der Waals surface area contributed by atoms with Crippen LogP contribution in [0.25, 0.3) is 0 Å². The summed E-state index contributed by atoms with van der Waals surface area (Å²) in [6, 6.07) is 12.8. The van der Waals surface area contributed by atoms with Crippen LogP contribution in [0, 0.1) is 0 Å². The molecular formula is C20H24N2O5S. The number of carboxylic acids is 1. The van der Waals surface area contributed by atoms with Gasteiger partial charge in [0.1, 0.15) is 0 Å². The predicted octanol–water partition coefficient (Wildman–Crippen LogP) is 2.62. The van der Waals surface area contributed by atoms with E-state index in [1.807, 2.05) is 12.1 Å². The summed E-state index contributed by atoms with van der Waals surface area (Å²) >= 11 is 0. The number of aliphatic carboxylic acids is 1. The Morgan fingerprint density at radius 2 is 1.54 bits per heavy atom. The molecule has 2 rings (SSSR count). The molecule has 0 saturated carbocycles. The van der Waals surface area contributed by atoms with Gasteiger partial charge in [0.05, 0.1) is 4.90 Å². The number of hydrazine groups is 1. The maximum atomic E-state index is 12.3. The Kier molecular flexibility index (Phi) is 6.58. The summed E-state index contributed by atoms with van der Waals surface area (Å²) in [6.45, 7) is 6.18. The average Bonchev–Trinajstić information content (AvgIpc) is 2.64. The lowest BCUT2D eigenvalue weighted by Gasteiger charge is -2.19. The lowest BCUT2D eigenvalue weighted by atomic mass is 9.87. The fourth-order valence-electron chi connectivity index (χ4n) is 2.45. The van der Waals surface area contributed by atoms with Gasteiger partial charge in [-0.05, 0) is 47.2 Å². The van der Waals surface area contributed by atoms with E-state index in [1.165, 1.54) is 12.1 Å². The van der Waals surface area contributed by atoms with Crippen LogP contribution in [-0.2, 0) is 26.7 Å². The summed E-state index contributed by atoms with van der Waals surface area (Å²) in [5, 5.41) is 8.68. The molecule has 0 aliphatic heterocycles. The van der Waals surface area contributed by atoms with Crippen molar-refractivity contribution in [3.63, 3.8) is 0 Å². The Bertz CT molecular complexity index is 944. The number of carbonyl (C=O) groups is 2. The van der Waals surface area contributed by atoms with Crippen LogP contribution in [0.2, 0.25) is 0 Å². The van der Waals surface area contributed by atoms with E-state index < -0.39 is 21.9 Å². The number of carbonyl (C=O) groups excluding carboxylic acids is 1. The second kappa shape index (κ2) is 8.53. The first-order valence-electron chi connectivity index (χ1n) is 8.72. The summed E-state index contributed by atoms with van der Waals surface area (Å²) in [5.74, 6) is -1.49. The molecular weight excluding hydrogens is 380 g/mol. The first-order chi connectivity index (χ1) is 13.0. The molecule has 0 aliphatic rings. The van der Waals surface area contributed by atoms with Gasteiger partial charge in [-0.3, -0.25) is 15.0 Å². The van der Waals surface area contributed by atoms with Crippen LogP contribution in [0.1, 0.15) is 48.7 Å². The summed E-state index contributed by atoms with van der Waals surface area (Å²) in [5.41, 5.74) is 4.26. The zero-order chi connectivity index (χ0) is 20.9. The number of hydrogen-bond donors (Lipinski definition) is 3. The van der Waals surface area contributed by atoms with Gasteiger partial charge in [0.2, 0.25) is 0 Å². The Balaban J connectivity index is 2.00. The van der Waals surface area contributed by atoms with E-state index in [0.29, 0.717) is 17.5 Å². The lowest BCUT2D eigenvalue weighted by molar-refractivity contribution is -0.136. The molecule has 0 saturated heterocycles. The number of carboxylic acid groups (broad SMARTS) is 1. The van der Waals surface area contributed by atoms with Crippen LogP contribution < -0.4 is 10.3 Å². The maximum absolute atomic E-state index is 12.3. The van der Waals surface area contributed by atoms with Crippen molar-refractivity contribution in [3.05, 3.63) is 65.2 Å². The van der Waals surface area contributed by atoms with Crippen molar-refractivity contribution in [2.75, 3.05) is 0 Å². The zero-order valence-corrected chi connectivity index (χ0v) is 16.8. The molecule has 0 heterocycles.